The molecular weight excluding hydrogens is 454 g/mol. The van der Waals surface area contributed by atoms with Crippen molar-refractivity contribution in [3.05, 3.63) is 77.3 Å². The standard InChI is InChI=1S/C23H22ClNO6S/c1-16-4-11-20(12-5-16)32(27,28)25(17-6-13-22(30-3)21(24)14-17)23(26)15-31-19-9-7-18(29-2)8-10-19/h4-14H,15H2,1-3H3. The van der Waals surface area contributed by atoms with Crippen molar-refractivity contribution < 1.29 is 27.4 Å². The molecule has 0 aromatic heterocycles. The van der Waals surface area contributed by atoms with Crippen LogP contribution in [0, 0.1) is 6.92 Å². The number of carbonyl (C=O) groups excluding carboxylic acids is 1. The molecule has 0 aliphatic carbocycles. The molecule has 0 aliphatic heterocycles. The number of amides is 1. The van der Waals surface area contributed by atoms with Gasteiger partial charge in [0.1, 0.15) is 17.2 Å². The molecule has 168 valence electrons. The van der Waals surface area contributed by atoms with Crippen LogP contribution in [0.3, 0.4) is 0 Å². The van der Waals surface area contributed by atoms with Gasteiger partial charge in [0.25, 0.3) is 15.9 Å². The molecule has 0 N–H and O–H groups in total. The van der Waals surface area contributed by atoms with Crippen molar-refractivity contribution in [2.45, 2.75) is 11.8 Å². The van der Waals surface area contributed by atoms with E-state index in [0.717, 1.165) is 5.56 Å². The number of hydrogen-bond donors (Lipinski definition) is 0. The van der Waals surface area contributed by atoms with Crippen LogP contribution in [-0.2, 0) is 14.8 Å². The predicted molar refractivity (Wildman–Crippen MR) is 122 cm³/mol. The third-order valence-corrected chi connectivity index (χ3v) is 6.64. The van der Waals surface area contributed by atoms with Crippen molar-refractivity contribution in [2.24, 2.45) is 0 Å². The van der Waals surface area contributed by atoms with E-state index in [-0.39, 0.29) is 15.6 Å². The van der Waals surface area contributed by atoms with Gasteiger partial charge < -0.3 is 14.2 Å². The molecule has 0 heterocycles. The van der Waals surface area contributed by atoms with E-state index in [9.17, 15) is 13.2 Å². The Morgan fingerprint density at radius 2 is 1.53 bits per heavy atom. The molecule has 0 spiro atoms. The highest BCUT2D eigenvalue weighted by Gasteiger charge is 2.32. The van der Waals surface area contributed by atoms with Gasteiger partial charge in [-0.05, 0) is 61.5 Å². The van der Waals surface area contributed by atoms with Crippen LogP contribution in [0.2, 0.25) is 5.02 Å². The topological polar surface area (TPSA) is 82.1 Å². The summed E-state index contributed by atoms with van der Waals surface area (Å²) < 4.78 is 43.2. The van der Waals surface area contributed by atoms with E-state index in [2.05, 4.69) is 0 Å². The lowest BCUT2D eigenvalue weighted by molar-refractivity contribution is -0.119. The highest BCUT2D eigenvalue weighted by atomic mass is 35.5. The molecule has 0 saturated carbocycles. The quantitative estimate of drug-likeness (QED) is 0.478. The van der Waals surface area contributed by atoms with Gasteiger partial charge in [-0.3, -0.25) is 4.79 Å². The molecule has 1 amide bonds. The largest absolute Gasteiger partial charge is 0.497 e. The van der Waals surface area contributed by atoms with E-state index in [0.29, 0.717) is 21.6 Å². The number of anilines is 1. The minimum Gasteiger partial charge on any atom is -0.497 e. The molecule has 7 nitrogen and oxygen atoms in total. The predicted octanol–water partition coefficient (Wildman–Crippen LogP) is 4.47. The fourth-order valence-corrected chi connectivity index (χ4v) is 4.54. The smallest absolute Gasteiger partial charge is 0.278 e. The average molecular weight is 476 g/mol. The molecule has 9 heteroatoms. The number of ether oxygens (including phenoxy) is 3. The minimum absolute atomic E-state index is 0.0344. The number of carbonyl (C=O) groups is 1. The van der Waals surface area contributed by atoms with Crippen molar-refractivity contribution in [3.63, 3.8) is 0 Å². The van der Waals surface area contributed by atoms with Crippen LogP contribution in [0.4, 0.5) is 5.69 Å². The van der Waals surface area contributed by atoms with Gasteiger partial charge in [-0.25, -0.2) is 8.42 Å². The van der Waals surface area contributed by atoms with Crippen molar-refractivity contribution in [3.8, 4) is 17.2 Å². The molecule has 0 atom stereocenters. The van der Waals surface area contributed by atoms with Gasteiger partial charge in [0.2, 0.25) is 0 Å². The zero-order valence-corrected chi connectivity index (χ0v) is 19.3. The first-order chi connectivity index (χ1) is 15.3. The van der Waals surface area contributed by atoms with Gasteiger partial charge in [0.15, 0.2) is 6.61 Å². The number of sulfonamides is 1. The number of benzene rings is 3. The first-order valence-electron chi connectivity index (χ1n) is 9.51. The zero-order valence-electron chi connectivity index (χ0n) is 17.7. The summed E-state index contributed by atoms with van der Waals surface area (Å²) in [4.78, 5) is 13.1. The molecule has 0 radical (unpaired) electrons. The van der Waals surface area contributed by atoms with Gasteiger partial charge in [0, 0.05) is 0 Å². The van der Waals surface area contributed by atoms with Crippen molar-refractivity contribution >= 4 is 33.2 Å². The van der Waals surface area contributed by atoms with E-state index in [1.54, 1.807) is 36.4 Å². The second-order valence-corrected chi connectivity index (χ2v) is 8.95. The molecule has 3 rings (SSSR count). The van der Waals surface area contributed by atoms with E-state index in [1.165, 1.54) is 44.6 Å². The molecule has 3 aromatic carbocycles. The second-order valence-electron chi connectivity index (χ2n) is 6.76. The Morgan fingerprint density at radius 1 is 0.906 bits per heavy atom. The van der Waals surface area contributed by atoms with Crippen LogP contribution in [0.1, 0.15) is 5.56 Å². The maximum absolute atomic E-state index is 13.4. The van der Waals surface area contributed by atoms with E-state index >= 15 is 0 Å². The van der Waals surface area contributed by atoms with Gasteiger partial charge in [0.05, 0.1) is 29.8 Å². The number of rotatable bonds is 8. The van der Waals surface area contributed by atoms with E-state index in [1.807, 2.05) is 6.92 Å². The maximum Gasteiger partial charge on any atom is 0.278 e. The first-order valence-corrected chi connectivity index (χ1v) is 11.3. The average Bonchev–Trinajstić information content (AvgIpc) is 2.78. The Morgan fingerprint density at radius 3 is 2.09 bits per heavy atom. The van der Waals surface area contributed by atoms with Crippen LogP contribution in [0.15, 0.2) is 71.6 Å². The van der Waals surface area contributed by atoms with Crippen LogP contribution in [-0.4, -0.2) is 35.2 Å². The number of methoxy groups -OCH3 is 2. The Balaban J connectivity index is 1.96. The fourth-order valence-electron chi connectivity index (χ4n) is 2.89. The van der Waals surface area contributed by atoms with Crippen molar-refractivity contribution in [1.29, 1.82) is 0 Å². The number of hydrogen-bond acceptors (Lipinski definition) is 6. The van der Waals surface area contributed by atoms with Gasteiger partial charge in [-0.1, -0.05) is 29.3 Å². The molecule has 3 aromatic rings. The SMILES string of the molecule is COc1ccc(OCC(=O)N(c2ccc(OC)c(Cl)c2)S(=O)(=O)c2ccc(C)cc2)cc1. The summed E-state index contributed by atoms with van der Waals surface area (Å²) in [5.74, 6) is 0.576. The van der Waals surface area contributed by atoms with Crippen molar-refractivity contribution in [1.82, 2.24) is 0 Å². The van der Waals surface area contributed by atoms with Gasteiger partial charge in [-0.15, -0.1) is 0 Å². The van der Waals surface area contributed by atoms with Gasteiger partial charge >= 0.3 is 0 Å². The van der Waals surface area contributed by atoms with Crippen LogP contribution >= 0.6 is 11.6 Å². The van der Waals surface area contributed by atoms with Crippen LogP contribution < -0.4 is 18.5 Å². The Bertz CT molecular complexity index is 1190. The first kappa shape index (κ1) is 23.4. The van der Waals surface area contributed by atoms with E-state index in [4.69, 9.17) is 25.8 Å². The van der Waals surface area contributed by atoms with Crippen molar-refractivity contribution in [2.75, 3.05) is 25.1 Å². The molecule has 0 saturated heterocycles. The lowest BCUT2D eigenvalue weighted by Crippen LogP contribution is -2.40. The van der Waals surface area contributed by atoms with E-state index < -0.39 is 22.5 Å². The molecule has 0 aliphatic rings. The molecule has 0 unspecified atom stereocenters. The third kappa shape index (κ3) is 5.15. The lowest BCUT2D eigenvalue weighted by Gasteiger charge is -2.23. The minimum atomic E-state index is -4.24. The fraction of sp³-hybridized carbons (Fsp3) is 0.174. The highest BCUT2D eigenvalue weighted by molar-refractivity contribution is 7.93. The number of aryl methyl sites for hydroxylation is 1. The second kappa shape index (κ2) is 9.93. The molecule has 0 bridgehead atoms. The third-order valence-electron chi connectivity index (χ3n) is 4.58. The molecule has 32 heavy (non-hydrogen) atoms. The zero-order chi connectivity index (χ0) is 23.3. The summed E-state index contributed by atoms with van der Waals surface area (Å²) in [5, 5.41) is 0.165. The monoisotopic (exact) mass is 475 g/mol. The summed E-state index contributed by atoms with van der Waals surface area (Å²) >= 11 is 6.20. The normalized spacial score (nSPS) is 11.0. The maximum atomic E-state index is 13.4. The number of halogens is 1. The Labute approximate surface area is 192 Å². The molecule has 0 fully saturated rings. The summed E-state index contributed by atoms with van der Waals surface area (Å²) in [6.07, 6.45) is 0. The highest BCUT2D eigenvalue weighted by Crippen LogP contribution is 2.32. The summed E-state index contributed by atoms with van der Waals surface area (Å²) in [5.41, 5.74) is 0.955. The van der Waals surface area contributed by atoms with Crippen LogP contribution in [0.25, 0.3) is 0 Å². The van der Waals surface area contributed by atoms with Gasteiger partial charge in [-0.2, -0.15) is 4.31 Å². The molecular formula is C23H22ClNO6S. The van der Waals surface area contributed by atoms with Crippen LogP contribution in [0.5, 0.6) is 17.2 Å². The summed E-state index contributed by atoms with van der Waals surface area (Å²) in [7, 11) is -1.26. The Hall–Kier alpha value is -3.23. The Kier molecular flexibility index (Phi) is 7.27. The summed E-state index contributed by atoms with van der Waals surface area (Å²) in [6, 6.07) is 17.1. The number of nitrogens with zero attached hydrogens (tertiary/aromatic N) is 1. The summed E-state index contributed by atoms with van der Waals surface area (Å²) in [6.45, 7) is 1.33. The lowest BCUT2D eigenvalue weighted by atomic mass is 10.2.